The molecule has 106 valence electrons. The summed E-state index contributed by atoms with van der Waals surface area (Å²) in [4.78, 5) is 15.6. The van der Waals surface area contributed by atoms with Crippen molar-refractivity contribution in [1.29, 1.82) is 5.26 Å². The maximum Gasteiger partial charge on any atom is 0.308 e. The molecule has 0 spiro atoms. The summed E-state index contributed by atoms with van der Waals surface area (Å²) in [7, 11) is 1.46. The SMILES string of the molecule is COC(=O)C1CCC(Cc2cncc(C#N)c2C)CC1. The summed E-state index contributed by atoms with van der Waals surface area (Å²) in [6.07, 6.45) is 8.31. The smallest absolute Gasteiger partial charge is 0.308 e. The van der Waals surface area contributed by atoms with Crippen molar-refractivity contribution in [2.24, 2.45) is 11.8 Å². The number of aromatic nitrogens is 1. The van der Waals surface area contributed by atoms with E-state index in [0.29, 0.717) is 11.5 Å². The topological polar surface area (TPSA) is 63.0 Å². The van der Waals surface area contributed by atoms with Crippen molar-refractivity contribution in [3.63, 3.8) is 0 Å². The molecule has 0 amide bonds. The minimum atomic E-state index is -0.0761. The molecule has 1 heterocycles. The number of methoxy groups -OCH3 is 1. The standard InChI is InChI=1S/C16H20N2O2/c1-11-14(9-18-10-15(11)8-17)7-12-3-5-13(6-4-12)16(19)20-2/h9-10,12-13H,3-7H2,1-2H3. The molecule has 0 N–H and O–H groups in total. The average Bonchev–Trinajstić information content (AvgIpc) is 2.49. The largest absolute Gasteiger partial charge is 0.469 e. The van der Waals surface area contributed by atoms with Crippen LogP contribution in [0.3, 0.4) is 0 Å². The quantitative estimate of drug-likeness (QED) is 0.794. The van der Waals surface area contributed by atoms with Crippen molar-refractivity contribution >= 4 is 5.97 Å². The van der Waals surface area contributed by atoms with Gasteiger partial charge >= 0.3 is 5.97 Å². The number of nitrogens with zero attached hydrogens (tertiary/aromatic N) is 2. The van der Waals surface area contributed by atoms with Crippen LogP contribution in [-0.2, 0) is 16.0 Å². The first kappa shape index (κ1) is 14.5. The van der Waals surface area contributed by atoms with Crippen LogP contribution >= 0.6 is 0 Å². The zero-order valence-electron chi connectivity index (χ0n) is 12.1. The van der Waals surface area contributed by atoms with Crippen LogP contribution in [0.2, 0.25) is 0 Å². The lowest BCUT2D eigenvalue weighted by molar-refractivity contribution is -0.146. The second kappa shape index (κ2) is 6.51. The molecule has 0 bridgehead atoms. The average molecular weight is 272 g/mol. The van der Waals surface area contributed by atoms with Gasteiger partial charge in [-0.15, -0.1) is 0 Å². The predicted molar refractivity (Wildman–Crippen MR) is 74.9 cm³/mol. The van der Waals surface area contributed by atoms with Gasteiger partial charge in [0.25, 0.3) is 0 Å². The molecular weight excluding hydrogens is 252 g/mol. The molecule has 0 aromatic carbocycles. The van der Waals surface area contributed by atoms with E-state index < -0.39 is 0 Å². The number of esters is 1. The van der Waals surface area contributed by atoms with Gasteiger partial charge in [-0.3, -0.25) is 9.78 Å². The van der Waals surface area contributed by atoms with Gasteiger partial charge < -0.3 is 4.74 Å². The fourth-order valence-electron chi connectivity index (χ4n) is 2.97. The number of pyridine rings is 1. The summed E-state index contributed by atoms with van der Waals surface area (Å²) in [5, 5.41) is 9.03. The molecule has 0 radical (unpaired) electrons. The van der Waals surface area contributed by atoms with Crippen LogP contribution in [0.15, 0.2) is 12.4 Å². The molecule has 0 aliphatic heterocycles. The molecule has 20 heavy (non-hydrogen) atoms. The van der Waals surface area contributed by atoms with Gasteiger partial charge in [-0.2, -0.15) is 5.26 Å². The van der Waals surface area contributed by atoms with E-state index in [0.717, 1.165) is 43.2 Å². The van der Waals surface area contributed by atoms with Crippen molar-refractivity contribution in [2.75, 3.05) is 7.11 Å². The molecule has 1 aliphatic carbocycles. The van der Waals surface area contributed by atoms with Crippen molar-refractivity contribution in [3.8, 4) is 6.07 Å². The van der Waals surface area contributed by atoms with Gasteiger partial charge in [-0.1, -0.05) is 0 Å². The van der Waals surface area contributed by atoms with E-state index >= 15 is 0 Å². The molecule has 4 heteroatoms. The number of ether oxygens (including phenoxy) is 1. The van der Waals surface area contributed by atoms with Crippen LogP contribution in [-0.4, -0.2) is 18.1 Å². The number of nitriles is 1. The Kier molecular flexibility index (Phi) is 4.73. The maximum absolute atomic E-state index is 11.5. The van der Waals surface area contributed by atoms with Crippen LogP contribution in [0.5, 0.6) is 0 Å². The fraction of sp³-hybridized carbons (Fsp3) is 0.562. The molecule has 1 aromatic rings. The van der Waals surface area contributed by atoms with Crippen molar-refractivity contribution in [3.05, 3.63) is 29.1 Å². The normalized spacial score (nSPS) is 22.1. The van der Waals surface area contributed by atoms with Crippen LogP contribution in [0, 0.1) is 30.1 Å². The highest BCUT2D eigenvalue weighted by Gasteiger charge is 2.27. The molecule has 1 aliphatic rings. The van der Waals surface area contributed by atoms with E-state index in [4.69, 9.17) is 10.00 Å². The van der Waals surface area contributed by atoms with Gasteiger partial charge in [-0.25, -0.2) is 0 Å². The minimum Gasteiger partial charge on any atom is -0.469 e. The van der Waals surface area contributed by atoms with E-state index in [1.807, 2.05) is 13.1 Å². The molecule has 1 saturated carbocycles. The molecule has 1 fully saturated rings. The second-order valence-corrected chi connectivity index (χ2v) is 5.53. The molecule has 0 unspecified atom stereocenters. The van der Waals surface area contributed by atoms with E-state index in [2.05, 4.69) is 11.1 Å². The maximum atomic E-state index is 11.5. The highest BCUT2D eigenvalue weighted by atomic mass is 16.5. The van der Waals surface area contributed by atoms with E-state index in [1.54, 1.807) is 6.20 Å². The van der Waals surface area contributed by atoms with Crippen LogP contribution in [0.4, 0.5) is 0 Å². The van der Waals surface area contributed by atoms with E-state index in [-0.39, 0.29) is 11.9 Å². The minimum absolute atomic E-state index is 0.0703. The third kappa shape index (κ3) is 3.16. The van der Waals surface area contributed by atoms with Crippen LogP contribution in [0.25, 0.3) is 0 Å². The first-order chi connectivity index (χ1) is 9.65. The molecular formula is C16H20N2O2. The monoisotopic (exact) mass is 272 g/mol. The van der Waals surface area contributed by atoms with Gasteiger partial charge in [-0.05, 0) is 56.1 Å². The number of carbonyl (C=O) groups is 1. The fourth-order valence-corrected chi connectivity index (χ4v) is 2.97. The highest BCUT2D eigenvalue weighted by molar-refractivity contribution is 5.72. The Balaban J connectivity index is 1.97. The number of rotatable bonds is 3. The predicted octanol–water partition coefficient (Wildman–Crippen LogP) is 2.78. The Morgan fingerprint density at radius 2 is 2.10 bits per heavy atom. The number of hydrogen-bond donors (Lipinski definition) is 0. The van der Waals surface area contributed by atoms with E-state index in [9.17, 15) is 4.79 Å². The van der Waals surface area contributed by atoms with Crippen molar-refractivity contribution in [1.82, 2.24) is 4.98 Å². The van der Waals surface area contributed by atoms with E-state index in [1.165, 1.54) is 7.11 Å². The Morgan fingerprint density at radius 1 is 1.40 bits per heavy atom. The third-order valence-corrected chi connectivity index (χ3v) is 4.33. The van der Waals surface area contributed by atoms with Crippen LogP contribution < -0.4 is 0 Å². The van der Waals surface area contributed by atoms with Crippen molar-refractivity contribution < 1.29 is 9.53 Å². The summed E-state index contributed by atoms with van der Waals surface area (Å²) in [6.45, 7) is 1.98. The van der Waals surface area contributed by atoms with Gasteiger partial charge in [0.1, 0.15) is 6.07 Å². The third-order valence-electron chi connectivity index (χ3n) is 4.33. The van der Waals surface area contributed by atoms with Crippen molar-refractivity contribution in [2.45, 2.75) is 39.0 Å². The lowest BCUT2D eigenvalue weighted by atomic mass is 9.79. The molecule has 2 rings (SSSR count). The lowest BCUT2D eigenvalue weighted by Crippen LogP contribution is -2.23. The Bertz CT molecular complexity index is 526. The zero-order chi connectivity index (χ0) is 14.5. The zero-order valence-corrected chi connectivity index (χ0v) is 12.1. The lowest BCUT2D eigenvalue weighted by Gasteiger charge is -2.27. The molecule has 0 atom stereocenters. The Labute approximate surface area is 119 Å². The molecule has 0 saturated heterocycles. The van der Waals surface area contributed by atoms with Gasteiger partial charge in [0.2, 0.25) is 0 Å². The Morgan fingerprint density at radius 3 is 2.70 bits per heavy atom. The number of carbonyl (C=O) groups excluding carboxylic acids is 1. The second-order valence-electron chi connectivity index (χ2n) is 5.53. The summed E-state index contributed by atoms with van der Waals surface area (Å²) >= 11 is 0. The summed E-state index contributed by atoms with van der Waals surface area (Å²) < 4.78 is 4.81. The summed E-state index contributed by atoms with van der Waals surface area (Å²) in [6, 6.07) is 2.18. The van der Waals surface area contributed by atoms with Gasteiger partial charge in [0.05, 0.1) is 18.6 Å². The van der Waals surface area contributed by atoms with Gasteiger partial charge in [0.15, 0.2) is 0 Å². The molecule has 1 aromatic heterocycles. The highest BCUT2D eigenvalue weighted by Crippen LogP contribution is 2.32. The molecule has 4 nitrogen and oxygen atoms in total. The first-order valence-electron chi connectivity index (χ1n) is 7.07. The first-order valence-corrected chi connectivity index (χ1v) is 7.07. The summed E-state index contributed by atoms with van der Waals surface area (Å²) in [5.74, 6) is 0.569. The number of hydrogen-bond acceptors (Lipinski definition) is 4. The van der Waals surface area contributed by atoms with Crippen LogP contribution in [0.1, 0.15) is 42.4 Å². The summed E-state index contributed by atoms with van der Waals surface area (Å²) in [5.41, 5.74) is 2.86. The Hall–Kier alpha value is -1.89. The van der Waals surface area contributed by atoms with Gasteiger partial charge in [0, 0.05) is 12.4 Å².